The number of aryl methyl sites for hydroxylation is 1. The second-order valence-corrected chi connectivity index (χ2v) is 9.79. The lowest BCUT2D eigenvalue weighted by Gasteiger charge is -2.44. The summed E-state index contributed by atoms with van der Waals surface area (Å²) in [6, 6.07) is 12.0. The van der Waals surface area contributed by atoms with Gasteiger partial charge in [-0.25, -0.2) is 0 Å². The van der Waals surface area contributed by atoms with Gasteiger partial charge in [-0.15, -0.1) is 0 Å². The lowest BCUT2D eigenvalue weighted by molar-refractivity contribution is -0.114. The van der Waals surface area contributed by atoms with Crippen LogP contribution in [0.2, 0.25) is 10.0 Å². The van der Waals surface area contributed by atoms with Crippen LogP contribution in [0.4, 0.5) is 5.69 Å². The van der Waals surface area contributed by atoms with E-state index in [2.05, 4.69) is 29.0 Å². The Morgan fingerprint density at radius 1 is 1.12 bits per heavy atom. The number of piperazine rings is 1. The van der Waals surface area contributed by atoms with E-state index in [4.69, 9.17) is 27.9 Å². The van der Waals surface area contributed by atoms with Crippen LogP contribution in [-0.4, -0.2) is 65.2 Å². The third-order valence-corrected chi connectivity index (χ3v) is 6.68. The first-order valence-electron chi connectivity index (χ1n) is 11.2. The summed E-state index contributed by atoms with van der Waals surface area (Å²) in [5, 5.41) is 14.6. The van der Waals surface area contributed by atoms with Crippen LogP contribution < -0.4 is 10.1 Å². The molecule has 180 valence electrons. The SMILES string of the molecule is CC(=O)Nc1ccc(C)cc1OCC(O)CN1CC(C)N(Cc2ccc(Cl)c(Cl)c2)CC1C. The number of hydrogen-bond donors (Lipinski definition) is 2. The van der Waals surface area contributed by atoms with Crippen LogP contribution in [0.1, 0.15) is 31.9 Å². The Hall–Kier alpha value is -1.83. The fraction of sp³-hybridized carbons (Fsp3) is 0.480. The molecule has 6 nitrogen and oxygen atoms in total. The molecule has 0 saturated carbocycles. The van der Waals surface area contributed by atoms with Crippen LogP contribution in [0.3, 0.4) is 0 Å². The molecule has 0 spiro atoms. The first kappa shape index (κ1) is 25.8. The largest absolute Gasteiger partial charge is 0.489 e. The number of rotatable bonds is 8. The van der Waals surface area contributed by atoms with Crippen molar-refractivity contribution < 1.29 is 14.6 Å². The standard InChI is InChI=1S/C25H33Cl2N3O3/c1-16-5-8-24(28-19(4)31)25(9-16)33-15-21(32)14-30-12-17(2)29(11-18(30)3)13-20-6-7-22(26)23(27)10-20/h5-10,17-18,21,32H,11-15H2,1-4H3,(H,28,31). The Morgan fingerprint density at radius 3 is 2.52 bits per heavy atom. The van der Waals surface area contributed by atoms with Crippen molar-refractivity contribution in [3.8, 4) is 5.75 Å². The number of hydrogen-bond acceptors (Lipinski definition) is 5. The normalized spacial score (nSPS) is 20.5. The molecule has 1 heterocycles. The van der Waals surface area contributed by atoms with Gasteiger partial charge < -0.3 is 15.2 Å². The molecule has 2 aromatic rings. The molecule has 1 fully saturated rings. The fourth-order valence-corrected chi connectivity index (χ4v) is 4.49. The topological polar surface area (TPSA) is 65.0 Å². The number of ether oxygens (including phenoxy) is 1. The van der Waals surface area contributed by atoms with Crippen molar-refractivity contribution in [2.75, 3.05) is 31.6 Å². The van der Waals surface area contributed by atoms with Crippen LogP contribution >= 0.6 is 23.2 Å². The van der Waals surface area contributed by atoms with E-state index in [1.54, 1.807) is 0 Å². The van der Waals surface area contributed by atoms with Crippen LogP contribution in [0.25, 0.3) is 0 Å². The quantitative estimate of drug-likeness (QED) is 0.562. The van der Waals surface area contributed by atoms with Crippen LogP contribution in [0.15, 0.2) is 36.4 Å². The van der Waals surface area contributed by atoms with E-state index < -0.39 is 6.10 Å². The molecule has 1 saturated heterocycles. The number of amides is 1. The predicted molar refractivity (Wildman–Crippen MR) is 134 cm³/mol. The summed E-state index contributed by atoms with van der Waals surface area (Å²) in [4.78, 5) is 16.2. The lowest BCUT2D eigenvalue weighted by Crippen LogP contribution is -2.57. The highest BCUT2D eigenvalue weighted by atomic mass is 35.5. The molecule has 0 radical (unpaired) electrons. The Labute approximate surface area is 206 Å². The lowest BCUT2D eigenvalue weighted by atomic mass is 10.1. The number of β-amino-alcohol motifs (C(OH)–C–C–N with tert-alkyl or cyclic N) is 1. The molecule has 3 atom stereocenters. The molecule has 1 aliphatic rings. The van der Waals surface area contributed by atoms with E-state index in [0.29, 0.717) is 34.1 Å². The first-order chi connectivity index (χ1) is 15.6. The van der Waals surface area contributed by atoms with Crippen molar-refractivity contribution in [2.45, 2.75) is 52.4 Å². The molecule has 2 N–H and O–H groups in total. The zero-order valence-corrected chi connectivity index (χ0v) is 21.2. The molecule has 1 aliphatic heterocycles. The molecule has 2 aromatic carbocycles. The Balaban J connectivity index is 1.54. The van der Waals surface area contributed by atoms with Gasteiger partial charge in [-0.1, -0.05) is 35.3 Å². The van der Waals surface area contributed by atoms with Crippen molar-refractivity contribution in [3.63, 3.8) is 0 Å². The molecular weight excluding hydrogens is 461 g/mol. The number of benzene rings is 2. The zero-order chi connectivity index (χ0) is 24.1. The second-order valence-electron chi connectivity index (χ2n) is 8.98. The molecule has 0 bridgehead atoms. The van der Waals surface area contributed by atoms with Gasteiger partial charge in [0, 0.05) is 45.2 Å². The number of aliphatic hydroxyl groups excluding tert-OH is 1. The minimum absolute atomic E-state index is 0.153. The highest BCUT2D eigenvalue weighted by Crippen LogP contribution is 2.27. The van der Waals surface area contributed by atoms with Crippen molar-refractivity contribution >= 4 is 34.8 Å². The van der Waals surface area contributed by atoms with Gasteiger partial charge in [-0.2, -0.15) is 0 Å². The number of anilines is 1. The van der Waals surface area contributed by atoms with Crippen LogP contribution in [0, 0.1) is 6.92 Å². The van der Waals surface area contributed by atoms with Crippen molar-refractivity contribution in [1.29, 1.82) is 0 Å². The second kappa shape index (κ2) is 11.5. The minimum Gasteiger partial charge on any atom is -0.489 e. The zero-order valence-electron chi connectivity index (χ0n) is 19.6. The van der Waals surface area contributed by atoms with Crippen molar-refractivity contribution in [2.24, 2.45) is 0 Å². The van der Waals surface area contributed by atoms with E-state index in [1.165, 1.54) is 6.92 Å². The fourth-order valence-electron chi connectivity index (χ4n) is 4.17. The third-order valence-electron chi connectivity index (χ3n) is 5.94. The highest BCUT2D eigenvalue weighted by Gasteiger charge is 2.30. The molecule has 33 heavy (non-hydrogen) atoms. The van der Waals surface area contributed by atoms with Gasteiger partial charge in [0.2, 0.25) is 5.91 Å². The number of halogens is 2. The van der Waals surface area contributed by atoms with Crippen molar-refractivity contribution in [1.82, 2.24) is 9.80 Å². The van der Waals surface area contributed by atoms with Gasteiger partial charge in [0.25, 0.3) is 0 Å². The molecule has 0 aliphatic carbocycles. The van der Waals surface area contributed by atoms with E-state index in [1.807, 2.05) is 43.3 Å². The van der Waals surface area contributed by atoms with Crippen LogP contribution in [-0.2, 0) is 11.3 Å². The van der Waals surface area contributed by atoms with Gasteiger partial charge in [-0.05, 0) is 56.2 Å². The number of nitrogens with one attached hydrogen (secondary N) is 1. The molecule has 8 heteroatoms. The number of aliphatic hydroxyl groups is 1. The first-order valence-corrected chi connectivity index (χ1v) is 12.0. The van der Waals surface area contributed by atoms with Gasteiger partial charge in [0.15, 0.2) is 0 Å². The average Bonchev–Trinajstić information content (AvgIpc) is 2.74. The molecule has 0 aromatic heterocycles. The predicted octanol–water partition coefficient (Wildman–Crippen LogP) is 4.59. The van der Waals surface area contributed by atoms with E-state index in [0.717, 1.165) is 30.8 Å². The smallest absolute Gasteiger partial charge is 0.221 e. The third kappa shape index (κ3) is 7.33. The summed E-state index contributed by atoms with van der Waals surface area (Å²) in [5.41, 5.74) is 2.77. The summed E-state index contributed by atoms with van der Waals surface area (Å²) in [7, 11) is 0. The molecule has 3 unspecified atom stereocenters. The summed E-state index contributed by atoms with van der Waals surface area (Å²) >= 11 is 12.2. The Kier molecular flexibility index (Phi) is 9.02. The average molecular weight is 494 g/mol. The maximum absolute atomic E-state index is 11.5. The van der Waals surface area contributed by atoms with Crippen LogP contribution in [0.5, 0.6) is 5.75 Å². The number of carbonyl (C=O) groups excluding carboxylic acids is 1. The monoisotopic (exact) mass is 493 g/mol. The van der Waals surface area contributed by atoms with Crippen molar-refractivity contribution in [3.05, 3.63) is 57.6 Å². The molecule has 1 amide bonds. The van der Waals surface area contributed by atoms with E-state index in [9.17, 15) is 9.90 Å². The maximum Gasteiger partial charge on any atom is 0.221 e. The van der Waals surface area contributed by atoms with E-state index >= 15 is 0 Å². The Morgan fingerprint density at radius 2 is 1.82 bits per heavy atom. The number of carbonyl (C=O) groups is 1. The van der Waals surface area contributed by atoms with E-state index in [-0.39, 0.29) is 18.6 Å². The summed E-state index contributed by atoms with van der Waals surface area (Å²) in [6.45, 7) is 11.0. The summed E-state index contributed by atoms with van der Waals surface area (Å²) < 4.78 is 5.88. The van der Waals surface area contributed by atoms with Gasteiger partial charge >= 0.3 is 0 Å². The summed E-state index contributed by atoms with van der Waals surface area (Å²) in [5.74, 6) is 0.405. The van der Waals surface area contributed by atoms with Gasteiger partial charge in [-0.3, -0.25) is 14.6 Å². The summed E-state index contributed by atoms with van der Waals surface area (Å²) in [6.07, 6.45) is -0.646. The highest BCUT2D eigenvalue weighted by molar-refractivity contribution is 6.42. The molecule has 3 rings (SSSR count). The molecular formula is C25H33Cl2N3O3. The maximum atomic E-state index is 11.5. The Bertz CT molecular complexity index is 972. The minimum atomic E-state index is -0.646. The number of nitrogens with zero attached hydrogens (tertiary/aromatic N) is 2. The van der Waals surface area contributed by atoms with Gasteiger partial charge in [0.05, 0.1) is 15.7 Å². The van der Waals surface area contributed by atoms with Gasteiger partial charge in [0.1, 0.15) is 18.5 Å².